The van der Waals surface area contributed by atoms with Crippen molar-refractivity contribution in [2.45, 2.75) is 13.5 Å². The number of aromatic nitrogens is 4. The predicted molar refractivity (Wildman–Crippen MR) is 61.1 cm³/mol. The molecule has 90 valence electrons. The first kappa shape index (κ1) is 11.4. The average Bonchev–Trinajstić information content (AvgIpc) is 2.93. The molecular formula is C11H14N4O2. The number of nitrogens with zero attached hydrogens (tertiary/aromatic N) is 4. The summed E-state index contributed by atoms with van der Waals surface area (Å²) in [6.07, 6.45) is 4.81. The fraction of sp³-hybridized carbons (Fsp3) is 0.364. The molecule has 0 N–H and O–H groups in total. The molecule has 0 atom stereocenters. The van der Waals surface area contributed by atoms with Gasteiger partial charge in [-0.05, 0) is 6.92 Å². The normalized spacial score (nSPS) is 10.5. The predicted octanol–water partition coefficient (Wildman–Crippen LogP) is 0.876. The number of aryl methyl sites for hydroxylation is 2. The number of imidazole rings is 1. The highest BCUT2D eigenvalue weighted by Gasteiger charge is 2.21. The summed E-state index contributed by atoms with van der Waals surface area (Å²) in [5, 5.41) is 4.10. The van der Waals surface area contributed by atoms with Crippen LogP contribution in [0.5, 0.6) is 5.75 Å². The van der Waals surface area contributed by atoms with Gasteiger partial charge in [-0.25, -0.2) is 4.98 Å². The fourth-order valence-electron chi connectivity index (χ4n) is 1.64. The van der Waals surface area contributed by atoms with E-state index in [-0.39, 0.29) is 5.78 Å². The number of carbonyl (C=O) groups is 1. The molecule has 0 unspecified atom stereocenters. The maximum atomic E-state index is 12.3. The van der Waals surface area contributed by atoms with Crippen LogP contribution in [0.15, 0.2) is 18.7 Å². The lowest BCUT2D eigenvalue weighted by Crippen LogP contribution is -2.12. The van der Waals surface area contributed by atoms with Crippen molar-refractivity contribution in [1.29, 1.82) is 0 Å². The van der Waals surface area contributed by atoms with E-state index in [0.717, 1.165) is 0 Å². The smallest absolute Gasteiger partial charge is 0.234 e. The summed E-state index contributed by atoms with van der Waals surface area (Å²) in [6, 6.07) is 0. The molecule has 0 amide bonds. The summed E-state index contributed by atoms with van der Waals surface area (Å²) in [4.78, 5) is 16.3. The van der Waals surface area contributed by atoms with Crippen LogP contribution in [0.3, 0.4) is 0 Å². The lowest BCUT2D eigenvalue weighted by atomic mass is 10.2. The van der Waals surface area contributed by atoms with Crippen molar-refractivity contribution in [3.8, 4) is 5.75 Å². The Morgan fingerprint density at radius 2 is 2.29 bits per heavy atom. The third-order valence-corrected chi connectivity index (χ3v) is 2.48. The topological polar surface area (TPSA) is 61.9 Å². The van der Waals surface area contributed by atoms with E-state index in [1.54, 1.807) is 28.0 Å². The molecule has 0 aliphatic carbocycles. The van der Waals surface area contributed by atoms with Crippen LogP contribution in [-0.2, 0) is 13.6 Å². The van der Waals surface area contributed by atoms with Crippen molar-refractivity contribution in [1.82, 2.24) is 19.3 Å². The Balaban J connectivity index is 2.45. The van der Waals surface area contributed by atoms with E-state index in [1.807, 2.05) is 14.0 Å². The van der Waals surface area contributed by atoms with Gasteiger partial charge in [-0.2, -0.15) is 5.10 Å². The first-order chi connectivity index (χ1) is 8.17. The first-order valence-electron chi connectivity index (χ1n) is 5.29. The Kier molecular flexibility index (Phi) is 2.95. The van der Waals surface area contributed by atoms with Crippen LogP contribution in [0.25, 0.3) is 0 Å². The van der Waals surface area contributed by atoms with E-state index in [2.05, 4.69) is 10.1 Å². The summed E-state index contributed by atoms with van der Waals surface area (Å²) in [6.45, 7) is 2.53. The number of ether oxygens (including phenoxy) is 1. The summed E-state index contributed by atoms with van der Waals surface area (Å²) in [5.41, 5.74) is 0.828. The molecule has 6 heteroatoms. The molecule has 0 bridgehead atoms. The van der Waals surface area contributed by atoms with Gasteiger partial charge in [0.25, 0.3) is 0 Å². The number of ketones is 1. The lowest BCUT2D eigenvalue weighted by molar-refractivity contribution is 0.102. The summed E-state index contributed by atoms with van der Waals surface area (Å²) in [5.74, 6) is 0.296. The SMILES string of the molecule is CCn1ncc(OC)c1C(=O)c1cn(C)cn1. The summed E-state index contributed by atoms with van der Waals surface area (Å²) in [7, 11) is 3.34. The number of hydrogen-bond acceptors (Lipinski definition) is 4. The molecule has 0 aromatic carbocycles. The van der Waals surface area contributed by atoms with E-state index >= 15 is 0 Å². The zero-order valence-electron chi connectivity index (χ0n) is 10.0. The molecule has 2 aromatic heterocycles. The molecule has 0 radical (unpaired) electrons. The number of rotatable bonds is 4. The van der Waals surface area contributed by atoms with Gasteiger partial charge in [0.1, 0.15) is 5.69 Å². The Bertz CT molecular complexity index is 520. The van der Waals surface area contributed by atoms with Crippen LogP contribution < -0.4 is 4.74 Å². The molecule has 0 fully saturated rings. The molecule has 2 rings (SSSR count). The molecule has 2 aromatic rings. The van der Waals surface area contributed by atoms with Crippen LogP contribution in [0.4, 0.5) is 0 Å². The molecule has 0 aliphatic rings. The molecule has 6 nitrogen and oxygen atoms in total. The minimum Gasteiger partial charge on any atom is -0.493 e. The Morgan fingerprint density at radius 3 is 2.82 bits per heavy atom. The Labute approximate surface area is 98.8 Å². The number of methoxy groups -OCH3 is 1. The Morgan fingerprint density at radius 1 is 1.53 bits per heavy atom. The minimum absolute atomic E-state index is 0.179. The van der Waals surface area contributed by atoms with Gasteiger partial charge in [0.15, 0.2) is 11.4 Å². The molecule has 0 spiro atoms. The maximum absolute atomic E-state index is 12.3. The van der Waals surface area contributed by atoms with Crippen molar-refractivity contribution in [2.75, 3.05) is 7.11 Å². The van der Waals surface area contributed by atoms with Crippen molar-refractivity contribution in [2.24, 2.45) is 7.05 Å². The van der Waals surface area contributed by atoms with Gasteiger partial charge < -0.3 is 9.30 Å². The van der Waals surface area contributed by atoms with Gasteiger partial charge in [0.2, 0.25) is 5.78 Å². The van der Waals surface area contributed by atoms with E-state index in [1.165, 1.54) is 7.11 Å². The fourth-order valence-corrected chi connectivity index (χ4v) is 1.64. The van der Waals surface area contributed by atoms with Crippen molar-refractivity contribution < 1.29 is 9.53 Å². The van der Waals surface area contributed by atoms with Gasteiger partial charge >= 0.3 is 0 Å². The largest absolute Gasteiger partial charge is 0.493 e. The highest BCUT2D eigenvalue weighted by molar-refractivity contribution is 6.08. The summed E-state index contributed by atoms with van der Waals surface area (Å²) >= 11 is 0. The average molecular weight is 234 g/mol. The maximum Gasteiger partial charge on any atom is 0.234 e. The van der Waals surface area contributed by atoms with Gasteiger partial charge in [-0.3, -0.25) is 9.48 Å². The van der Waals surface area contributed by atoms with Crippen molar-refractivity contribution >= 4 is 5.78 Å². The number of carbonyl (C=O) groups excluding carboxylic acids is 1. The van der Waals surface area contributed by atoms with Crippen LogP contribution in [-0.4, -0.2) is 32.2 Å². The van der Waals surface area contributed by atoms with E-state index < -0.39 is 0 Å². The molecular weight excluding hydrogens is 220 g/mol. The quantitative estimate of drug-likeness (QED) is 0.737. The van der Waals surface area contributed by atoms with Gasteiger partial charge in [0.05, 0.1) is 19.6 Å². The highest BCUT2D eigenvalue weighted by Crippen LogP contribution is 2.20. The molecule has 2 heterocycles. The van der Waals surface area contributed by atoms with Crippen LogP contribution in [0, 0.1) is 0 Å². The van der Waals surface area contributed by atoms with Crippen LogP contribution >= 0.6 is 0 Å². The molecule has 0 saturated heterocycles. The highest BCUT2D eigenvalue weighted by atomic mass is 16.5. The molecule has 0 saturated carbocycles. The van der Waals surface area contributed by atoms with Gasteiger partial charge in [0, 0.05) is 19.8 Å². The zero-order valence-corrected chi connectivity index (χ0v) is 10.0. The molecule has 0 aliphatic heterocycles. The van der Waals surface area contributed by atoms with Crippen LogP contribution in [0.2, 0.25) is 0 Å². The standard InChI is InChI=1S/C11H14N4O2/c1-4-15-10(9(17-3)5-13-15)11(16)8-6-14(2)7-12-8/h5-7H,4H2,1-3H3. The van der Waals surface area contributed by atoms with E-state index in [9.17, 15) is 4.79 Å². The number of hydrogen-bond donors (Lipinski definition) is 0. The first-order valence-corrected chi connectivity index (χ1v) is 5.29. The van der Waals surface area contributed by atoms with Gasteiger partial charge in [-0.15, -0.1) is 0 Å². The van der Waals surface area contributed by atoms with Crippen LogP contribution in [0.1, 0.15) is 23.1 Å². The zero-order chi connectivity index (χ0) is 12.4. The second-order valence-electron chi connectivity index (χ2n) is 3.63. The van der Waals surface area contributed by atoms with Gasteiger partial charge in [-0.1, -0.05) is 0 Å². The summed E-state index contributed by atoms with van der Waals surface area (Å²) < 4.78 is 8.47. The Hall–Kier alpha value is -2.11. The van der Waals surface area contributed by atoms with E-state index in [0.29, 0.717) is 23.7 Å². The third kappa shape index (κ3) is 1.93. The second-order valence-corrected chi connectivity index (χ2v) is 3.63. The van der Waals surface area contributed by atoms with Crippen molar-refractivity contribution in [3.05, 3.63) is 30.1 Å². The molecule has 17 heavy (non-hydrogen) atoms. The van der Waals surface area contributed by atoms with E-state index in [4.69, 9.17) is 4.74 Å². The lowest BCUT2D eigenvalue weighted by Gasteiger charge is -2.04. The second kappa shape index (κ2) is 4.40. The monoisotopic (exact) mass is 234 g/mol. The van der Waals surface area contributed by atoms with Crippen molar-refractivity contribution in [3.63, 3.8) is 0 Å². The minimum atomic E-state index is -0.179. The third-order valence-electron chi connectivity index (χ3n) is 2.48.